The summed E-state index contributed by atoms with van der Waals surface area (Å²) in [5.41, 5.74) is 9.12. The fraction of sp³-hybridized carbons (Fsp3) is 0.455. The molecule has 4 heteroatoms. The topological polar surface area (TPSA) is 64.9 Å². The molecule has 0 aromatic carbocycles. The molecule has 15 heavy (non-hydrogen) atoms. The van der Waals surface area contributed by atoms with Gasteiger partial charge >= 0.3 is 0 Å². The zero-order valence-corrected chi connectivity index (χ0v) is 9.08. The number of hydrogen-bond acceptors (Lipinski definition) is 4. The minimum Gasteiger partial charge on any atom is -0.398 e. The van der Waals surface area contributed by atoms with Crippen molar-refractivity contribution in [1.82, 2.24) is 10.1 Å². The third kappa shape index (κ3) is 1.67. The van der Waals surface area contributed by atoms with Crippen molar-refractivity contribution in [3.05, 3.63) is 17.5 Å². The molecule has 0 saturated heterocycles. The van der Waals surface area contributed by atoms with Crippen molar-refractivity contribution in [2.24, 2.45) is 0 Å². The molecular formula is C11H15N3O. The van der Waals surface area contributed by atoms with Crippen molar-refractivity contribution in [3.8, 4) is 0 Å². The summed E-state index contributed by atoms with van der Waals surface area (Å²) in [6.45, 7) is 4.14. The third-order valence-electron chi connectivity index (χ3n) is 2.45. The molecule has 80 valence electrons. The first kappa shape index (κ1) is 9.96. The van der Waals surface area contributed by atoms with Crippen LogP contribution in [0.4, 0.5) is 5.69 Å². The largest absolute Gasteiger partial charge is 0.398 e. The molecular weight excluding hydrogens is 190 g/mol. The third-order valence-corrected chi connectivity index (χ3v) is 2.45. The number of nitrogen functional groups attached to an aromatic ring is 1. The highest BCUT2D eigenvalue weighted by Gasteiger charge is 2.12. The molecule has 0 spiro atoms. The number of rotatable bonds is 3. The van der Waals surface area contributed by atoms with E-state index in [1.165, 1.54) is 0 Å². The minimum atomic E-state index is 0.565. The Balaban J connectivity index is 2.60. The van der Waals surface area contributed by atoms with Gasteiger partial charge in [-0.2, -0.15) is 0 Å². The van der Waals surface area contributed by atoms with Gasteiger partial charge in [-0.05, 0) is 18.9 Å². The second kappa shape index (κ2) is 3.88. The van der Waals surface area contributed by atoms with E-state index >= 15 is 0 Å². The molecule has 2 aromatic rings. The second-order valence-corrected chi connectivity index (χ2v) is 3.62. The lowest BCUT2D eigenvalue weighted by Crippen LogP contribution is -1.94. The summed E-state index contributed by atoms with van der Waals surface area (Å²) < 4.78 is 5.18. The minimum absolute atomic E-state index is 0.565. The Kier molecular flexibility index (Phi) is 2.58. The van der Waals surface area contributed by atoms with Gasteiger partial charge in [0.2, 0.25) is 0 Å². The Labute approximate surface area is 88.5 Å². The second-order valence-electron chi connectivity index (χ2n) is 3.62. The van der Waals surface area contributed by atoms with E-state index in [4.69, 9.17) is 10.3 Å². The van der Waals surface area contributed by atoms with E-state index in [9.17, 15) is 0 Å². The summed E-state index contributed by atoms with van der Waals surface area (Å²) >= 11 is 0. The van der Waals surface area contributed by atoms with Gasteiger partial charge in [-0.1, -0.05) is 25.4 Å². The van der Waals surface area contributed by atoms with Crippen LogP contribution >= 0.6 is 0 Å². The SMILES string of the molecule is CCCc1noc2nc(CC)cc(N)c12. The standard InChI is InChI=1S/C11H15N3O/c1-3-5-9-10-8(12)6-7(4-2)13-11(10)15-14-9/h6H,3-5H2,1-2H3,(H2,12,13). The zero-order chi connectivity index (χ0) is 10.8. The first-order valence-corrected chi connectivity index (χ1v) is 5.29. The average Bonchev–Trinajstić information content (AvgIpc) is 2.62. The van der Waals surface area contributed by atoms with Crippen molar-refractivity contribution in [1.29, 1.82) is 0 Å². The van der Waals surface area contributed by atoms with Gasteiger partial charge in [0, 0.05) is 11.4 Å². The Morgan fingerprint density at radius 2 is 2.20 bits per heavy atom. The predicted octanol–water partition coefficient (Wildman–Crippen LogP) is 2.32. The summed E-state index contributed by atoms with van der Waals surface area (Å²) in [6.07, 6.45) is 2.75. The Hall–Kier alpha value is -1.58. The molecule has 0 radical (unpaired) electrons. The highest BCUT2D eigenvalue weighted by atomic mass is 16.5. The van der Waals surface area contributed by atoms with Crippen LogP contribution in [0.2, 0.25) is 0 Å². The van der Waals surface area contributed by atoms with Gasteiger partial charge in [-0.25, -0.2) is 4.98 Å². The zero-order valence-electron chi connectivity index (χ0n) is 9.08. The van der Waals surface area contributed by atoms with Crippen LogP contribution in [0, 0.1) is 0 Å². The molecule has 0 bridgehead atoms. The van der Waals surface area contributed by atoms with E-state index in [0.717, 1.165) is 41.7 Å². The Bertz CT molecular complexity index is 476. The molecule has 0 aliphatic heterocycles. The lowest BCUT2D eigenvalue weighted by molar-refractivity contribution is 0.437. The van der Waals surface area contributed by atoms with Crippen molar-refractivity contribution in [2.75, 3.05) is 5.73 Å². The molecule has 0 atom stereocenters. The normalized spacial score (nSPS) is 11.1. The molecule has 0 aliphatic rings. The van der Waals surface area contributed by atoms with Crippen LogP contribution in [0.1, 0.15) is 31.7 Å². The lowest BCUT2D eigenvalue weighted by Gasteiger charge is -1.99. The molecule has 0 amide bonds. The number of aromatic nitrogens is 2. The van der Waals surface area contributed by atoms with Crippen molar-refractivity contribution < 1.29 is 4.52 Å². The molecule has 2 heterocycles. The lowest BCUT2D eigenvalue weighted by atomic mass is 10.1. The van der Waals surface area contributed by atoms with Crippen molar-refractivity contribution >= 4 is 16.8 Å². The highest BCUT2D eigenvalue weighted by molar-refractivity contribution is 5.88. The van der Waals surface area contributed by atoms with Gasteiger partial charge in [0.1, 0.15) is 0 Å². The summed E-state index contributed by atoms with van der Waals surface area (Å²) in [5.74, 6) is 0. The quantitative estimate of drug-likeness (QED) is 0.835. The van der Waals surface area contributed by atoms with Crippen molar-refractivity contribution in [3.63, 3.8) is 0 Å². The van der Waals surface area contributed by atoms with Gasteiger partial charge in [-0.15, -0.1) is 0 Å². The number of anilines is 1. The summed E-state index contributed by atoms with van der Waals surface area (Å²) in [7, 11) is 0. The van der Waals surface area contributed by atoms with Gasteiger partial charge in [0.15, 0.2) is 0 Å². The number of nitrogens with zero attached hydrogens (tertiary/aromatic N) is 2. The molecule has 2 rings (SSSR count). The Morgan fingerprint density at radius 1 is 1.40 bits per heavy atom. The predicted molar refractivity (Wildman–Crippen MR) is 59.6 cm³/mol. The maximum Gasteiger partial charge on any atom is 0.260 e. The van der Waals surface area contributed by atoms with E-state index in [1.807, 2.05) is 13.0 Å². The number of hydrogen-bond donors (Lipinski definition) is 1. The molecule has 0 unspecified atom stereocenters. The number of aryl methyl sites for hydroxylation is 2. The fourth-order valence-electron chi connectivity index (χ4n) is 1.68. The summed E-state index contributed by atoms with van der Waals surface area (Å²) in [4.78, 5) is 4.35. The van der Waals surface area contributed by atoms with Crippen LogP contribution in [-0.2, 0) is 12.8 Å². The van der Waals surface area contributed by atoms with E-state index in [2.05, 4.69) is 17.1 Å². The molecule has 0 fully saturated rings. The van der Waals surface area contributed by atoms with Crippen LogP contribution < -0.4 is 5.73 Å². The summed E-state index contributed by atoms with van der Waals surface area (Å²) in [5, 5.41) is 4.89. The first-order chi connectivity index (χ1) is 7.26. The van der Waals surface area contributed by atoms with Crippen LogP contribution in [0.3, 0.4) is 0 Å². The van der Waals surface area contributed by atoms with E-state index in [0.29, 0.717) is 5.71 Å². The average molecular weight is 205 g/mol. The van der Waals surface area contributed by atoms with E-state index in [1.54, 1.807) is 0 Å². The molecule has 0 aliphatic carbocycles. The van der Waals surface area contributed by atoms with Gasteiger partial charge < -0.3 is 10.3 Å². The fourth-order valence-corrected chi connectivity index (χ4v) is 1.68. The summed E-state index contributed by atoms with van der Waals surface area (Å²) in [6, 6.07) is 1.90. The molecule has 2 N–H and O–H groups in total. The van der Waals surface area contributed by atoms with Gasteiger partial charge in [0.25, 0.3) is 5.71 Å². The maximum atomic E-state index is 5.97. The van der Waals surface area contributed by atoms with Crippen LogP contribution in [0.5, 0.6) is 0 Å². The molecule has 4 nitrogen and oxygen atoms in total. The van der Waals surface area contributed by atoms with Gasteiger partial charge in [0.05, 0.1) is 11.1 Å². The molecule has 0 saturated carbocycles. The smallest absolute Gasteiger partial charge is 0.260 e. The van der Waals surface area contributed by atoms with Crippen molar-refractivity contribution in [2.45, 2.75) is 33.1 Å². The maximum absolute atomic E-state index is 5.97. The number of nitrogens with two attached hydrogens (primary N) is 1. The number of fused-ring (bicyclic) bond motifs is 1. The molecule has 2 aromatic heterocycles. The monoisotopic (exact) mass is 205 g/mol. The van der Waals surface area contributed by atoms with Gasteiger partial charge in [-0.3, -0.25) is 0 Å². The van der Waals surface area contributed by atoms with Crippen LogP contribution in [0.25, 0.3) is 11.1 Å². The first-order valence-electron chi connectivity index (χ1n) is 5.29. The van der Waals surface area contributed by atoms with Crippen LogP contribution in [-0.4, -0.2) is 10.1 Å². The van der Waals surface area contributed by atoms with E-state index in [-0.39, 0.29) is 0 Å². The highest BCUT2D eigenvalue weighted by Crippen LogP contribution is 2.25. The Morgan fingerprint density at radius 3 is 2.87 bits per heavy atom. The number of pyridine rings is 1. The van der Waals surface area contributed by atoms with Crippen LogP contribution in [0.15, 0.2) is 10.6 Å². The van der Waals surface area contributed by atoms with E-state index < -0.39 is 0 Å².